The monoisotopic (exact) mass is 256 g/mol. The molecule has 3 nitrogen and oxygen atoms in total. The molecular weight excluding hydrogens is 240 g/mol. The second-order valence-electron chi connectivity index (χ2n) is 3.74. The largest absolute Gasteiger partial charge is 0.329 e. The van der Waals surface area contributed by atoms with E-state index in [1.54, 1.807) is 18.0 Å². The van der Waals surface area contributed by atoms with Gasteiger partial charge in [0.1, 0.15) is 0 Å². The van der Waals surface area contributed by atoms with Gasteiger partial charge < -0.3 is 4.57 Å². The highest BCUT2D eigenvalue weighted by Crippen LogP contribution is 2.26. The lowest BCUT2D eigenvalue weighted by molar-refractivity contribution is 0.0981. The van der Waals surface area contributed by atoms with Gasteiger partial charge in [0.25, 0.3) is 0 Å². The first-order valence-electron chi connectivity index (χ1n) is 5.57. The number of nitrogens with zero attached hydrogens (tertiary/aromatic N) is 2. The van der Waals surface area contributed by atoms with Crippen molar-refractivity contribution in [1.82, 2.24) is 9.55 Å². The minimum Gasteiger partial charge on any atom is -0.329 e. The molecule has 0 aromatic carbocycles. The van der Waals surface area contributed by atoms with E-state index in [2.05, 4.69) is 11.9 Å². The molecule has 0 bridgehead atoms. The van der Waals surface area contributed by atoms with Gasteiger partial charge in [0, 0.05) is 36.2 Å². The second-order valence-corrected chi connectivity index (χ2v) is 6.20. The molecule has 1 aromatic rings. The molecule has 0 amide bonds. The van der Waals surface area contributed by atoms with Gasteiger partial charge in [0.2, 0.25) is 5.78 Å². The van der Waals surface area contributed by atoms with Gasteiger partial charge in [-0.1, -0.05) is 6.92 Å². The summed E-state index contributed by atoms with van der Waals surface area (Å²) in [5, 5.41) is 0.108. The van der Waals surface area contributed by atoms with Gasteiger partial charge in [0.15, 0.2) is 5.82 Å². The first kappa shape index (κ1) is 12.0. The molecule has 1 fully saturated rings. The summed E-state index contributed by atoms with van der Waals surface area (Å²) in [7, 11) is 0. The highest BCUT2D eigenvalue weighted by molar-refractivity contribution is 8.07. The lowest BCUT2D eigenvalue weighted by Gasteiger charge is -2.19. The maximum atomic E-state index is 12.2. The Morgan fingerprint density at radius 2 is 2.50 bits per heavy atom. The van der Waals surface area contributed by atoms with Crippen LogP contribution in [0.4, 0.5) is 0 Å². The number of imidazole rings is 1. The number of aromatic nitrogens is 2. The fraction of sp³-hybridized carbons (Fsp3) is 0.636. The van der Waals surface area contributed by atoms with E-state index in [1.807, 2.05) is 22.5 Å². The number of Topliss-reactive ketones (excluding diaryl/α,β-unsaturated/α-hetero) is 1. The molecule has 1 atom stereocenters. The fourth-order valence-electron chi connectivity index (χ4n) is 1.74. The molecule has 0 spiro atoms. The topological polar surface area (TPSA) is 34.9 Å². The summed E-state index contributed by atoms with van der Waals surface area (Å²) < 4.78 is 1.97. The third-order valence-corrected chi connectivity index (χ3v) is 5.26. The number of rotatable bonds is 4. The van der Waals surface area contributed by atoms with Crippen LogP contribution >= 0.6 is 23.5 Å². The summed E-state index contributed by atoms with van der Waals surface area (Å²) in [6.07, 6.45) is 4.66. The quantitative estimate of drug-likeness (QED) is 0.774. The van der Waals surface area contributed by atoms with E-state index < -0.39 is 0 Å². The molecule has 1 aliphatic rings. The van der Waals surface area contributed by atoms with Crippen molar-refractivity contribution in [3.63, 3.8) is 0 Å². The van der Waals surface area contributed by atoms with Crippen LogP contribution in [0.1, 0.15) is 24.0 Å². The average molecular weight is 256 g/mol. The molecule has 88 valence electrons. The molecule has 5 heteroatoms. The van der Waals surface area contributed by atoms with E-state index in [9.17, 15) is 4.79 Å². The Balaban J connectivity index is 2.09. The number of carbonyl (C=O) groups excluding carboxylic acids is 1. The van der Waals surface area contributed by atoms with E-state index in [-0.39, 0.29) is 11.0 Å². The highest BCUT2D eigenvalue weighted by Gasteiger charge is 2.26. The van der Waals surface area contributed by atoms with Crippen LogP contribution in [0.5, 0.6) is 0 Å². The normalized spacial score (nSPS) is 20.9. The summed E-state index contributed by atoms with van der Waals surface area (Å²) >= 11 is 3.64. The molecule has 1 saturated heterocycles. The number of thioether (sulfide) groups is 2. The summed E-state index contributed by atoms with van der Waals surface area (Å²) in [6, 6.07) is 0. The predicted molar refractivity (Wildman–Crippen MR) is 70.4 cm³/mol. The third-order valence-electron chi connectivity index (χ3n) is 2.51. The van der Waals surface area contributed by atoms with Gasteiger partial charge in [-0.2, -0.15) is 11.8 Å². The smallest absolute Gasteiger partial charge is 0.211 e. The molecule has 1 unspecified atom stereocenters. The third kappa shape index (κ3) is 2.63. The number of ketones is 1. The van der Waals surface area contributed by atoms with E-state index in [4.69, 9.17) is 0 Å². The van der Waals surface area contributed by atoms with Crippen LogP contribution in [0.2, 0.25) is 0 Å². The van der Waals surface area contributed by atoms with Crippen LogP contribution in [0, 0.1) is 0 Å². The van der Waals surface area contributed by atoms with Crippen LogP contribution in [-0.2, 0) is 6.54 Å². The Morgan fingerprint density at radius 1 is 1.62 bits per heavy atom. The average Bonchev–Trinajstić information content (AvgIpc) is 2.78. The van der Waals surface area contributed by atoms with Crippen LogP contribution in [-0.4, -0.2) is 37.8 Å². The molecule has 1 aliphatic heterocycles. The van der Waals surface area contributed by atoms with E-state index in [0.717, 1.165) is 30.2 Å². The SMILES string of the molecule is CCCn1ccnc1C(=O)C1CSCCS1. The van der Waals surface area contributed by atoms with Gasteiger partial charge >= 0.3 is 0 Å². The minimum absolute atomic E-state index is 0.108. The first-order valence-corrected chi connectivity index (χ1v) is 7.78. The van der Waals surface area contributed by atoms with Crippen molar-refractivity contribution in [3.05, 3.63) is 18.2 Å². The van der Waals surface area contributed by atoms with Gasteiger partial charge in [0.05, 0.1) is 5.25 Å². The van der Waals surface area contributed by atoms with Gasteiger partial charge in [-0.05, 0) is 6.42 Å². The van der Waals surface area contributed by atoms with Crippen molar-refractivity contribution in [2.75, 3.05) is 17.3 Å². The molecule has 1 aromatic heterocycles. The molecule has 0 N–H and O–H groups in total. The van der Waals surface area contributed by atoms with Gasteiger partial charge in [-0.25, -0.2) is 4.98 Å². The molecule has 16 heavy (non-hydrogen) atoms. The molecule has 2 heterocycles. The maximum absolute atomic E-state index is 12.2. The molecular formula is C11H16N2OS2. The number of carbonyl (C=O) groups is 1. The lowest BCUT2D eigenvalue weighted by Crippen LogP contribution is -2.27. The number of aryl methyl sites for hydroxylation is 1. The van der Waals surface area contributed by atoms with Gasteiger partial charge in [-0.3, -0.25) is 4.79 Å². The number of hydrogen-bond acceptors (Lipinski definition) is 4. The van der Waals surface area contributed by atoms with Gasteiger partial charge in [-0.15, -0.1) is 11.8 Å². The van der Waals surface area contributed by atoms with E-state index in [0.29, 0.717) is 5.82 Å². The van der Waals surface area contributed by atoms with E-state index in [1.165, 1.54) is 0 Å². The Kier molecular flexibility index (Phi) is 4.35. The fourth-order valence-corrected chi connectivity index (χ4v) is 4.34. The summed E-state index contributed by atoms with van der Waals surface area (Å²) in [5.41, 5.74) is 0. The Labute approximate surface area is 104 Å². The molecule has 0 radical (unpaired) electrons. The van der Waals surface area contributed by atoms with Crippen molar-refractivity contribution in [2.45, 2.75) is 25.1 Å². The molecule has 0 saturated carbocycles. The summed E-state index contributed by atoms with van der Waals surface area (Å²) in [6.45, 7) is 2.99. The maximum Gasteiger partial charge on any atom is 0.211 e. The van der Waals surface area contributed by atoms with Crippen LogP contribution < -0.4 is 0 Å². The zero-order valence-electron chi connectivity index (χ0n) is 9.39. The van der Waals surface area contributed by atoms with Crippen molar-refractivity contribution >= 4 is 29.3 Å². The first-order chi connectivity index (χ1) is 7.83. The predicted octanol–water partition coefficient (Wildman–Crippen LogP) is 2.32. The number of hydrogen-bond donors (Lipinski definition) is 0. The lowest BCUT2D eigenvalue weighted by atomic mass is 10.3. The van der Waals surface area contributed by atoms with Crippen molar-refractivity contribution in [1.29, 1.82) is 0 Å². The van der Waals surface area contributed by atoms with Crippen LogP contribution in [0.15, 0.2) is 12.4 Å². The standard InChI is InChI=1S/C11H16N2OS2/c1-2-4-13-5-3-12-11(13)10(14)9-8-15-6-7-16-9/h3,5,9H,2,4,6-8H2,1H3. The summed E-state index contributed by atoms with van der Waals surface area (Å²) in [5.74, 6) is 4.02. The zero-order chi connectivity index (χ0) is 11.4. The van der Waals surface area contributed by atoms with Crippen molar-refractivity contribution in [2.24, 2.45) is 0 Å². The Hall–Kier alpha value is -0.420. The van der Waals surface area contributed by atoms with Crippen LogP contribution in [0.25, 0.3) is 0 Å². The van der Waals surface area contributed by atoms with E-state index >= 15 is 0 Å². The van der Waals surface area contributed by atoms with Crippen LogP contribution in [0.3, 0.4) is 0 Å². The minimum atomic E-state index is 0.108. The molecule has 0 aliphatic carbocycles. The molecule has 2 rings (SSSR count). The zero-order valence-corrected chi connectivity index (χ0v) is 11.0. The van der Waals surface area contributed by atoms with Crippen molar-refractivity contribution < 1.29 is 4.79 Å². The Bertz CT molecular complexity index is 359. The highest BCUT2D eigenvalue weighted by atomic mass is 32.2. The second kappa shape index (κ2) is 5.77. The summed E-state index contributed by atoms with van der Waals surface area (Å²) in [4.78, 5) is 16.4. The van der Waals surface area contributed by atoms with Crippen molar-refractivity contribution in [3.8, 4) is 0 Å². The Morgan fingerprint density at radius 3 is 3.19 bits per heavy atom.